The molecule has 1 aromatic rings. The molecule has 0 heterocycles. The van der Waals surface area contributed by atoms with E-state index in [-0.39, 0.29) is 11.7 Å². The summed E-state index contributed by atoms with van der Waals surface area (Å²) in [7, 11) is 0. The SMILES string of the molecule is CCN(C(=O)NC1C=CC(C(=O)O)C1)c1ccccc1F. The number of carbonyl (C=O) groups is 2. The Hall–Kier alpha value is -2.37. The number of rotatable bonds is 4. The summed E-state index contributed by atoms with van der Waals surface area (Å²) < 4.78 is 13.8. The first kappa shape index (κ1) is 15.0. The van der Waals surface area contributed by atoms with E-state index in [0.717, 1.165) is 0 Å². The molecule has 5 nitrogen and oxygen atoms in total. The lowest BCUT2D eigenvalue weighted by atomic mass is 10.1. The van der Waals surface area contributed by atoms with Crippen LogP contribution < -0.4 is 10.2 Å². The molecular formula is C15H17FN2O3. The van der Waals surface area contributed by atoms with E-state index >= 15 is 0 Å². The second kappa shape index (κ2) is 6.39. The number of para-hydroxylation sites is 1. The Morgan fingerprint density at radius 3 is 2.67 bits per heavy atom. The van der Waals surface area contributed by atoms with Gasteiger partial charge >= 0.3 is 12.0 Å². The lowest BCUT2D eigenvalue weighted by Crippen LogP contribution is -2.44. The molecule has 0 spiro atoms. The number of hydrogen-bond donors (Lipinski definition) is 2. The summed E-state index contributed by atoms with van der Waals surface area (Å²) in [6, 6.07) is 5.25. The van der Waals surface area contributed by atoms with Crippen LogP contribution in [0.15, 0.2) is 36.4 Å². The number of urea groups is 1. The van der Waals surface area contributed by atoms with Crippen LogP contribution in [-0.2, 0) is 4.79 Å². The number of carbonyl (C=O) groups excluding carboxylic acids is 1. The van der Waals surface area contributed by atoms with Crippen molar-refractivity contribution in [1.29, 1.82) is 0 Å². The molecule has 112 valence electrons. The molecule has 2 rings (SSSR count). The Labute approximate surface area is 122 Å². The highest BCUT2D eigenvalue weighted by molar-refractivity contribution is 5.92. The minimum Gasteiger partial charge on any atom is -0.481 e. The van der Waals surface area contributed by atoms with Crippen LogP contribution in [0, 0.1) is 11.7 Å². The summed E-state index contributed by atoms with van der Waals surface area (Å²) in [6.07, 6.45) is 3.54. The smallest absolute Gasteiger partial charge is 0.322 e. The standard InChI is InChI=1S/C15H17FN2O3/c1-2-18(13-6-4-3-5-12(13)16)15(21)17-11-8-7-10(9-11)14(19)20/h3-8,10-11H,2,9H2,1H3,(H,17,21)(H,19,20). The number of hydrogen-bond acceptors (Lipinski definition) is 2. The number of benzene rings is 1. The third-order valence-corrected chi connectivity index (χ3v) is 3.41. The largest absolute Gasteiger partial charge is 0.481 e. The van der Waals surface area contributed by atoms with E-state index in [9.17, 15) is 14.0 Å². The fourth-order valence-electron chi connectivity index (χ4n) is 2.32. The molecular weight excluding hydrogens is 275 g/mol. The van der Waals surface area contributed by atoms with E-state index in [1.165, 1.54) is 17.0 Å². The molecule has 1 aliphatic carbocycles. The van der Waals surface area contributed by atoms with E-state index < -0.39 is 23.7 Å². The van der Waals surface area contributed by atoms with E-state index in [2.05, 4.69) is 5.32 Å². The van der Waals surface area contributed by atoms with Gasteiger partial charge in [0.15, 0.2) is 0 Å². The van der Waals surface area contributed by atoms with Gasteiger partial charge in [-0.3, -0.25) is 9.69 Å². The molecule has 0 radical (unpaired) electrons. The Kier molecular flexibility index (Phi) is 4.57. The van der Waals surface area contributed by atoms with Crippen LogP contribution in [0.5, 0.6) is 0 Å². The summed E-state index contributed by atoms with van der Waals surface area (Å²) in [5.41, 5.74) is 0.203. The first-order valence-corrected chi connectivity index (χ1v) is 6.76. The molecule has 21 heavy (non-hydrogen) atoms. The predicted molar refractivity (Wildman–Crippen MR) is 76.6 cm³/mol. The average Bonchev–Trinajstić information content (AvgIpc) is 2.90. The summed E-state index contributed by atoms with van der Waals surface area (Å²) >= 11 is 0. The number of carboxylic acid groups (broad SMARTS) is 1. The zero-order chi connectivity index (χ0) is 15.4. The zero-order valence-electron chi connectivity index (χ0n) is 11.6. The van der Waals surface area contributed by atoms with E-state index in [4.69, 9.17) is 5.11 Å². The minimum atomic E-state index is -0.913. The van der Waals surface area contributed by atoms with Gasteiger partial charge in [-0.05, 0) is 25.5 Å². The van der Waals surface area contributed by atoms with Crippen LogP contribution in [0.4, 0.5) is 14.9 Å². The fraction of sp³-hybridized carbons (Fsp3) is 0.333. The van der Waals surface area contributed by atoms with E-state index in [0.29, 0.717) is 13.0 Å². The van der Waals surface area contributed by atoms with Gasteiger partial charge in [0.25, 0.3) is 0 Å². The van der Waals surface area contributed by atoms with Crippen LogP contribution in [0.1, 0.15) is 13.3 Å². The molecule has 1 aromatic carbocycles. The van der Waals surface area contributed by atoms with E-state index in [1.54, 1.807) is 31.2 Å². The van der Waals surface area contributed by atoms with Crippen molar-refractivity contribution in [2.24, 2.45) is 5.92 Å². The number of nitrogens with zero attached hydrogens (tertiary/aromatic N) is 1. The van der Waals surface area contributed by atoms with Crippen molar-refractivity contribution in [2.45, 2.75) is 19.4 Å². The number of aliphatic carboxylic acids is 1. The van der Waals surface area contributed by atoms with Gasteiger partial charge in [-0.1, -0.05) is 24.3 Å². The third kappa shape index (κ3) is 3.39. The Morgan fingerprint density at radius 1 is 1.38 bits per heavy atom. The Morgan fingerprint density at radius 2 is 2.10 bits per heavy atom. The summed E-state index contributed by atoms with van der Waals surface area (Å²) in [5.74, 6) is -1.97. The van der Waals surface area contributed by atoms with Crippen LogP contribution in [0.25, 0.3) is 0 Å². The van der Waals surface area contributed by atoms with Crippen molar-refractivity contribution in [3.63, 3.8) is 0 Å². The lowest BCUT2D eigenvalue weighted by molar-refractivity contribution is -0.140. The van der Waals surface area contributed by atoms with Crippen LogP contribution >= 0.6 is 0 Å². The lowest BCUT2D eigenvalue weighted by Gasteiger charge is -2.24. The van der Waals surface area contributed by atoms with Crippen LogP contribution in [0.2, 0.25) is 0 Å². The third-order valence-electron chi connectivity index (χ3n) is 3.41. The normalized spacial score (nSPS) is 20.3. The van der Waals surface area contributed by atoms with Gasteiger partial charge in [0.05, 0.1) is 17.6 Å². The van der Waals surface area contributed by atoms with Crippen molar-refractivity contribution in [3.8, 4) is 0 Å². The topological polar surface area (TPSA) is 69.6 Å². The van der Waals surface area contributed by atoms with Gasteiger partial charge in [0.1, 0.15) is 5.82 Å². The van der Waals surface area contributed by atoms with Gasteiger partial charge < -0.3 is 10.4 Å². The average molecular weight is 292 g/mol. The van der Waals surface area contributed by atoms with Crippen molar-refractivity contribution < 1.29 is 19.1 Å². The van der Waals surface area contributed by atoms with Crippen molar-refractivity contribution >= 4 is 17.7 Å². The maximum absolute atomic E-state index is 13.8. The molecule has 0 fully saturated rings. The van der Waals surface area contributed by atoms with Gasteiger partial charge in [-0.25, -0.2) is 9.18 Å². The molecule has 2 amide bonds. The zero-order valence-corrected chi connectivity index (χ0v) is 11.6. The van der Waals surface area contributed by atoms with Gasteiger partial charge in [0, 0.05) is 6.54 Å². The maximum atomic E-state index is 13.8. The molecule has 2 N–H and O–H groups in total. The number of carboxylic acids is 1. The Bertz CT molecular complexity index is 574. The molecule has 2 atom stereocenters. The molecule has 1 aliphatic rings. The first-order chi connectivity index (χ1) is 10.0. The van der Waals surface area contributed by atoms with Crippen molar-refractivity contribution in [2.75, 3.05) is 11.4 Å². The van der Waals surface area contributed by atoms with Gasteiger partial charge in [-0.15, -0.1) is 0 Å². The van der Waals surface area contributed by atoms with Gasteiger partial charge in [-0.2, -0.15) is 0 Å². The quantitative estimate of drug-likeness (QED) is 0.837. The Balaban J connectivity index is 2.04. The second-order valence-corrected chi connectivity index (χ2v) is 4.82. The number of halogens is 1. The molecule has 0 saturated carbocycles. The highest BCUT2D eigenvalue weighted by Gasteiger charge is 2.27. The highest BCUT2D eigenvalue weighted by Crippen LogP contribution is 2.21. The molecule has 0 aromatic heterocycles. The monoisotopic (exact) mass is 292 g/mol. The van der Waals surface area contributed by atoms with Crippen LogP contribution in [0.3, 0.4) is 0 Å². The minimum absolute atomic E-state index is 0.203. The molecule has 0 bridgehead atoms. The van der Waals surface area contributed by atoms with Crippen molar-refractivity contribution in [1.82, 2.24) is 5.32 Å². The predicted octanol–water partition coefficient (Wildman–Crippen LogP) is 2.39. The molecule has 0 aliphatic heterocycles. The number of amides is 2. The van der Waals surface area contributed by atoms with Crippen molar-refractivity contribution in [3.05, 3.63) is 42.2 Å². The second-order valence-electron chi connectivity index (χ2n) is 4.82. The van der Waals surface area contributed by atoms with Gasteiger partial charge in [0.2, 0.25) is 0 Å². The summed E-state index contributed by atoms with van der Waals surface area (Å²) in [6.45, 7) is 2.06. The maximum Gasteiger partial charge on any atom is 0.322 e. The summed E-state index contributed by atoms with van der Waals surface area (Å²) in [4.78, 5) is 24.4. The number of anilines is 1. The first-order valence-electron chi connectivity index (χ1n) is 6.76. The summed E-state index contributed by atoms with van der Waals surface area (Å²) in [5, 5.41) is 11.6. The number of nitrogens with one attached hydrogen (secondary N) is 1. The van der Waals surface area contributed by atoms with Crippen LogP contribution in [-0.4, -0.2) is 29.7 Å². The molecule has 6 heteroatoms. The fourth-order valence-corrected chi connectivity index (χ4v) is 2.32. The molecule has 2 unspecified atom stereocenters. The highest BCUT2D eigenvalue weighted by atomic mass is 19.1. The molecule has 0 saturated heterocycles. The van der Waals surface area contributed by atoms with E-state index in [1.807, 2.05) is 0 Å².